The number of nitriles is 1. The van der Waals surface area contributed by atoms with E-state index in [1.165, 1.54) is 0 Å². The summed E-state index contributed by atoms with van der Waals surface area (Å²) in [5.74, 6) is 0.664. The van der Waals surface area contributed by atoms with E-state index in [0.717, 1.165) is 31.7 Å². The molecule has 5 nitrogen and oxygen atoms in total. The molecule has 17 heavy (non-hydrogen) atoms. The first-order valence-electron chi connectivity index (χ1n) is 5.76. The lowest BCUT2D eigenvalue weighted by Crippen LogP contribution is -2.47. The van der Waals surface area contributed by atoms with Crippen LogP contribution in [0.3, 0.4) is 0 Å². The van der Waals surface area contributed by atoms with Gasteiger partial charge in [-0.25, -0.2) is 9.99 Å². The van der Waals surface area contributed by atoms with Gasteiger partial charge in [0.2, 0.25) is 0 Å². The number of hydrazine groups is 1. The third-order valence-corrected chi connectivity index (χ3v) is 3.04. The second-order valence-corrected chi connectivity index (χ2v) is 4.37. The quantitative estimate of drug-likeness (QED) is 0.817. The van der Waals surface area contributed by atoms with Crippen LogP contribution in [0.2, 0.25) is 0 Å². The maximum atomic E-state index is 9.11. The number of aromatic nitrogens is 1. The van der Waals surface area contributed by atoms with Crippen LogP contribution >= 0.6 is 0 Å². The molecular formula is C12H17N5. The Balaban J connectivity index is 2.09. The van der Waals surface area contributed by atoms with Gasteiger partial charge in [-0.3, -0.25) is 0 Å². The van der Waals surface area contributed by atoms with E-state index in [-0.39, 0.29) is 0 Å². The van der Waals surface area contributed by atoms with Gasteiger partial charge in [-0.15, -0.1) is 0 Å². The van der Waals surface area contributed by atoms with Crippen molar-refractivity contribution < 1.29 is 0 Å². The summed E-state index contributed by atoms with van der Waals surface area (Å²) >= 11 is 0. The van der Waals surface area contributed by atoms with Crippen LogP contribution < -0.4 is 5.43 Å². The second kappa shape index (κ2) is 5.13. The normalized spacial score (nSPS) is 17.7. The van der Waals surface area contributed by atoms with Crippen molar-refractivity contribution in [1.82, 2.24) is 14.9 Å². The lowest BCUT2D eigenvalue weighted by molar-refractivity contribution is 0.178. The number of anilines is 1. The summed E-state index contributed by atoms with van der Waals surface area (Å²) in [6.45, 7) is 5.87. The summed E-state index contributed by atoms with van der Waals surface area (Å²) in [5, 5.41) is 11.2. The van der Waals surface area contributed by atoms with Crippen molar-refractivity contribution in [3.63, 3.8) is 0 Å². The van der Waals surface area contributed by atoms with E-state index in [1.54, 1.807) is 6.20 Å². The molecule has 0 atom stereocenters. The van der Waals surface area contributed by atoms with Gasteiger partial charge in [-0.2, -0.15) is 5.26 Å². The molecule has 0 unspecified atom stereocenters. The third kappa shape index (κ3) is 2.73. The van der Waals surface area contributed by atoms with Crippen LogP contribution in [0, 0.1) is 18.3 Å². The van der Waals surface area contributed by atoms with Crippen molar-refractivity contribution in [2.45, 2.75) is 6.92 Å². The third-order valence-electron chi connectivity index (χ3n) is 3.04. The number of pyridine rings is 1. The van der Waals surface area contributed by atoms with E-state index in [0.29, 0.717) is 11.4 Å². The first-order chi connectivity index (χ1) is 8.20. The molecule has 1 saturated heterocycles. The molecule has 1 aliphatic rings. The Morgan fingerprint density at radius 3 is 2.71 bits per heavy atom. The van der Waals surface area contributed by atoms with Gasteiger partial charge in [0.15, 0.2) is 5.82 Å². The number of nitrogens with zero attached hydrogens (tertiary/aromatic N) is 4. The van der Waals surface area contributed by atoms with Crippen LogP contribution in [-0.2, 0) is 0 Å². The molecule has 1 aromatic rings. The highest BCUT2D eigenvalue weighted by Gasteiger charge is 2.15. The SMILES string of the molecule is Cc1ccnc(NN2CCN(C)CC2)c1C#N. The molecule has 0 saturated carbocycles. The minimum absolute atomic E-state index is 0.631. The number of rotatable bonds is 2. The maximum absolute atomic E-state index is 9.11. The number of hydrogen-bond donors (Lipinski definition) is 1. The largest absolute Gasteiger partial charge is 0.304 e. The number of aryl methyl sites for hydroxylation is 1. The molecule has 1 fully saturated rings. The zero-order chi connectivity index (χ0) is 12.3. The fourth-order valence-corrected chi connectivity index (χ4v) is 1.85. The Hall–Kier alpha value is -1.64. The van der Waals surface area contributed by atoms with Gasteiger partial charge in [0, 0.05) is 32.4 Å². The van der Waals surface area contributed by atoms with Gasteiger partial charge in [-0.1, -0.05) is 0 Å². The van der Waals surface area contributed by atoms with Crippen LogP contribution in [0.5, 0.6) is 0 Å². The lowest BCUT2D eigenvalue weighted by Gasteiger charge is -2.32. The molecule has 90 valence electrons. The predicted octanol–water partition coefficient (Wildman–Crippen LogP) is 0.836. The number of hydrogen-bond acceptors (Lipinski definition) is 5. The molecule has 0 aliphatic carbocycles. The van der Waals surface area contributed by atoms with Crippen molar-refractivity contribution >= 4 is 5.82 Å². The molecule has 0 amide bonds. The average Bonchev–Trinajstić information content (AvgIpc) is 2.32. The van der Waals surface area contributed by atoms with E-state index in [2.05, 4.69) is 33.4 Å². The molecule has 0 bridgehead atoms. The average molecular weight is 231 g/mol. The van der Waals surface area contributed by atoms with Crippen molar-refractivity contribution in [2.75, 3.05) is 38.7 Å². The number of piperazine rings is 1. The van der Waals surface area contributed by atoms with E-state index in [9.17, 15) is 0 Å². The van der Waals surface area contributed by atoms with Gasteiger partial charge in [-0.05, 0) is 25.6 Å². The fourth-order valence-electron chi connectivity index (χ4n) is 1.85. The number of nitrogens with one attached hydrogen (secondary N) is 1. The van der Waals surface area contributed by atoms with E-state index in [4.69, 9.17) is 5.26 Å². The van der Waals surface area contributed by atoms with Crippen LogP contribution in [0.25, 0.3) is 0 Å². The van der Waals surface area contributed by atoms with Crippen LogP contribution in [-0.4, -0.2) is 48.1 Å². The van der Waals surface area contributed by atoms with Gasteiger partial charge in [0.25, 0.3) is 0 Å². The van der Waals surface area contributed by atoms with Crippen LogP contribution in [0.15, 0.2) is 12.3 Å². The summed E-state index contributed by atoms with van der Waals surface area (Å²) in [4.78, 5) is 6.52. The standard InChI is InChI=1S/C12H17N5/c1-10-3-4-14-12(11(10)9-13)15-17-7-5-16(2)6-8-17/h3-4H,5-8H2,1-2H3,(H,14,15). The van der Waals surface area contributed by atoms with Gasteiger partial charge < -0.3 is 10.3 Å². The molecule has 5 heteroatoms. The molecule has 0 spiro atoms. The highest BCUT2D eigenvalue weighted by atomic mass is 15.5. The zero-order valence-electron chi connectivity index (χ0n) is 10.3. The predicted molar refractivity (Wildman–Crippen MR) is 66.4 cm³/mol. The summed E-state index contributed by atoms with van der Waals surface area (Å²) in [5.41, 5.74) is 4.82. The monoisotopic (exact) mass is 231 g/mol. The lowest BCUT2D eigenvalue weighted by atomic mass is 10.1. The first kappa shape index (κ1) is 11.8. The Labute approximate surface area is 102 Å². The summed E-state index contributed by atoms with van der Waals surface area (Å²) in [6, 6.07) is 4.06. The van der Waals surface area contributed by atoms with E-state index < -0.39 is 0 Å². The molecule has 0 aromatic carbocycles. The van der Waals surface area contributed by atoms with Crippen molar-refractivity contribution in [3.8, 4) is 6.07 Å². The minimum atomic E-state index is 0.631. The molecule has 1 aromatic heterocycles. The maximum Gasteiger partial charge on any atom is 0.158 e. The summed E-state index contributed by atoms with van der Waals surface area (Å²) in [7, 11) is 2.11. The molecular weight excluding hydrogens is 214 g/mol. The summed E-state index contributed by atoms with van der Waals surface area (Å²) < 4.78 is 0. The Kier molecular flexibility index (Phi) is 3.57. The Morgan fingerprint density at radius 2 is 2.06 bits per heavy atom. The van der Waals surface area contributed by atoms with Crippen LogP contribution in [0.4, 0.5) is 5.82 Å². The summed E-state index contributed by atoms with van der Waals surface area (Å²) in [6.07, 6.45) is 1.73. The van der Waals surface area contributed by atoms with Crippen molar-refractivity contribution in [3.05, 3.63) is 23.4 Å². The highest BCUT2D eigenvalue weighted by molar-refractivity contribution is 5.54. The Morgan fingerprint density at radius 1 is 1.35 bits per heavy atom. The molecule has 2 rings (SSSR count). The smallest absolute Gasteiger partial charge is 0.158 e. The van der Waals surface area contributed by atoms with Gasteiger partial charge in [0.1, 0.15) is 6.07 Å². The fraction of sp³-hybridized carbons (Fsp3) is 0.500. The second-order valence-electron chi connectivity index (χ2n) is 4.37. The molecule has 1 N–H and O–H groups in total. The highest BCUT2D eigenvalue weighted by Crippen LogP contribution is 2.16. The topological polar surface area (TPSA) is 55.2 Å². The van der Waals surface area contributed by atoms with E-state index >= 15 is 0 Å². The van der Waals surface area contributed by atoms with Crippen LogP contribution in [0.1, 0.15) is 11.1 Å². The molecule has 0 radical (unpaired) electrons. The number of likely N-dealkylation sites (N-methyl/N-ethyl adjacent to an activating group) is 1. The van der Waals surface area contributed by atoms with Gasteiger partial charge in [0.05, 0.1) is 5.56 Å². The zero-order valence-corrected chi connectivity index (χ0v) is 10.3. The van der Waals surface area contributed by atoms with E-state index in [1.807, 2.05) is 13.0 Å². The van der Waals surface area contributed by atoms with Crippen molar-refractivity contribution in [2.24, 2.45) is 0 Å². The molecule has 2 heterocycles. The first-order valence-corrected chi connectivity index (χ1v) is 5.76. The van der Waals surface area contributed by atoms with Gasteiger partial charge >= 0.3 is 0 Å². The molecule has 1 aliphatic heterocycles. The Bertz CT molecular complexity index is 429. The minimum Gasteiger partial charge on any atom is -0.304 e. The van der Waals surface area contributed by atoms with Crippen molar-refractivity contribution in [1.29, 1.82) is 5.26 Å².